The normalized spacial score (nSPS) is 10.6. The molecule has 0 bridgehead atoms. The highest BCUT2D eigenvalue weighted by molar-refractivity contribution is 9.08. The van der Waals surface area contributed by atoms with Crippen LogP contribution in [-0.2, 0) is 5.33 Å². The zero-order valence-electron chi connectivity index (χ0n) is 8.15. The fourth-order valence-corrected chi connectivity index (χ4v) is 2.53. The largest absolute Gasteiger partial charge is 0.480 e. The smallest absolute Gasteiger partial charge is 0.320 e. The molecule has 80 valence electrons. The Bertz CT molecular complexity index is 488. The van der Waals surface area contributed by atoms with Gasteiger partial charge in [0.05, 0.1) is 25.3 Å². The van der Waals surface area contributed by atoms with Crippen molar-refractivity contribution in [3.63, 3.8) is 0 Å². The molecule has 0 aromatic carbocycles. The number of methoxy groups -OCH3 is 2. The standard InChI is InChI=1S/C8H8BrN3O2S/c1-13-6-5-4(3-9)12-15-7(5)11-8(10-6)14-2/h3H2,1-2H3. The third kappa shape index (κ3) is 1.76. The first kappa shape index (κ1) is 10.6. The number of hydrogen-bond acceptors (Lipinski definition) is 6. The van der Waals surface area contributed by atoms with E-state index >= 15 is 0 Å². The molecule has 0 aliphatic rings. The van der Waals surface area contributed by atoms with Gasteiger partial charge in [-0.25, -0.2) is 0 Å². The molecule has 0 N–H and O–H groups in total. The van der Waals surface area contributed by atoms with Gasteiger partial charge in [0.25, 0.3) is 0 Å². The molecule has 0 saturated heterocycles. The lowest BCUT2D eigenvalue weighted by molar-refractivity contribution is 0.357. The molecule has 2 aromatic heterocycles. The fourth-order valence-electron chi connectivity index (χ4n) is 1.19. The van der Waals surface area contributed by atoms with Gasteiger partial charge in [0.15, 0.2) is 4.83 Å². The van der Waals surface area contributed by atoms with Gasteiger partial charge in [-0.3, -0.25) is 0 Å². The predicted molar refractivity (Wildman–Crippen MR) is 60.9 cm³/mol. The van der Waals surface area contributed by atoms with Gasteiger partial charge in [-0.2, -0.15) is 14.3 Å². The summed E-state index contributed by atoms with van der Waals surface area (Å²) in [6, 6.07) is 0.295. The summed E-state index contributed by atoms with van der Waals surface area (Å²) in [4.78, 5) is 9.07. The second-order valence-corrected chi connectivity index (χ2v) is 3.98. The zero-order chi connectivity index (χ0) is 10.8. The Morgan fingerprint density at radius 1 is 1.27 bits per heavy atom. The van der Waals surface area contributed by atoms with Gasteiger partial charge in [-0.1, -0.05) is 15.9 Å². The topological polar surface area (TPSA) is 57.1 Å². The molecule has 5 nitrogen and oxygen atoms in total. The van der Waals surface area contributed by atoms with Crippen LogP contribution in [0.1, 0.15) is 5.69 Å². The number of rotatable bonds is 3. The third-order valence-electron chi connectivity index (χ3n) is 1.86. The lowest BCUT2D eigenvalue weighted by atomic mass is 10.3. The van der Waals surface area contributed by atoms with Crippen molar-refractivity contribution in [2.45, 2.75) is 5.33 Å². The van der Waals surface area contributed by atoms with E-state index < -0.39 is 0 Å². The van der Waals surface area contributed by atoms with Crippen molar-refractivity contribution in [2.24, 2.45) is 0 Å². The Morgan fingerprint density at radius 3 is 2.67 bits per heavy atom. The van der Waals surface area contributed by atoms with Crippen molar-refractivity contribution in [3.05, 3.63) is 5.69 Å². The van der Waals surface area contributed by atoms with Gasteiger partial charge in [0, 0.05) is 5.33 Å². The van der Waals surface area contributed by atoms with Crippen LogP contribution in [0.3, 0.4) is 0 Å². The van der Waals surface area contributed by atoms with Crippen molar-refractivity contribution in [3.8, 4) is 11.9 Å². The van der Waals surface area contributed by atoms with E-state index in [0.29, 0.717) is 17.2 Å². The van der Waals surface area contributed by atoms with E-state index in [1.807, 2.05) is 0 Å². The molecule has 0 spiro atoms. The van der Waals surface area contributed by atoms with Crippen LogP contribution in [-0.4, -0.2) is 28.6 Å². The quantitative estimate of drug-likeness (QED) is 0.809. The maximum Gasteiger partial charge on any atom is 0.320 e. The van der Waals surface area contributed by atoms with Gasteiger partial charge < -0.3 is 9.47 Å². The van der Waals surface area contributed by atoms with E-state index in [-0.39, 0.29) is 0 Å². The molecule has 7 heteroatoms. The molecule has 2 heterocycles. The second-order valence-electron chi connectivity index (χ2n) is 2.66. The van der Waals surface area contributed by atoms with E-state index in [0.717, 1.165) is 15.9 Å². The van der Waals surface area contributed by atoms with E-state index in [1.165, 1.54) is 18.6 Å². The average Bonchev–Trinajstić information content (AvgIpc) is 2.70. The van der Waals surface area contributed by atoms with Gasteiger partial charge in [0.2, 0.25) is 5.88 Å². The number of halogens is 1. The lowest BCUT2D eigenvalue weighted by Gasteiger charge is -2.03. The maximum absolute atomic E-state index is 5.19. The number of hydrogen-bond donors (Lipinski definition) is 0. The number of nitrogens with zero attached hydrogens (tertiary/aromatic N) is 3. The minimum atomic E-state index is 0.295. The van der Waals surface area contributed by atoms with Gasteiger partial charge in [-0.05, 0) is 11.5 Å². The number of aromatic nitrogens is 3. The number of fused-ring (bicyclic) bond motifs is 1. The first-order chi connectivity index (χ1) is 7.30. The average molecular weight is 290 g/mol. The fraction of sp³-hybridized carbons (Fsp3) is 0.375. The molecule has 0 unspecified atom stereocenters. The highest BCUT2D eigenvalue weighted by atomic mass is 79.9. The van der Waals surface area contributed by atoms with Crippen molar-refractivity contribution in [1.82, 2.24) is 14.3 Å². The Hall–Kier alpha value is -0.950. The zero-order valence-corrected chi connectivity index (χ0v) is 10.6. The SMILES string of the molecule is COc1nc(OC)c2c(CBr)nsc2n1. The Labute approximate surface area is 98.7 Å². The van der Waals surface area contributed by atoms with Gasteiger partial charge >= 0.3 is 6.01 Å². The van der Waals surface area contributed by atoms with Crippen LogP contribution in [0.4, 0.5) is 0 Å². The van der Waals surface area contributed by atoms with Crippen LogP contribution in [0.5, 0.6) is 11.9 Å². The third-order valence-corrected chi connectivity index (χ3v) is 3.17. The molecule has 0 aliphatic carbocycles. The van der Waals surface area contributed by atoms with E-state index in [1.54, 1.807) is 7.11 Å². The molecule has 0 fully saturated rings. The molecule has 0 atom stereocenters. The summed E-state index contributed by atoms with van der Waals surface area (Å²) in [5, 5.41) is 1.50. The van der Waals surface area contributed by atoms with E-state index in [4.69, 9.17) is 9.47 Å². The van der Waals surface area contributed by atoms with E-state index in [9.17, 15) is 0 Å². The molecular formula is C8H8BrN3O2S. The summed E-state index contributed by atoms with van der Waals surface area (Å²) in [7, 11) is 3.09. The first-order valence-electron chi connectivity index (χ1n) is 4.10. The minimum Gasteiger partial charge on any atom is -0.480 e. The van der Waals surface area contributed by atoms with Crippen LogP contribution in [0.25, 0.3) is 10.2 Å². The minimum absolute atomic E-state index is 0.295. The molecule has 2 rings (SSSR count). The van der Waals surface area contributed by atoms with Crippen LogP contribution in [0, 0.1) is 0 Å². The summed E-state index contributed by atoms with van der Waals surface area (Å²) in [6.45, 7) is 0. The Morgan fingerprint density at radius 2 is 2.07 bits per heavy atom. The molecule has 2 aromatic rings. The molecular weight excluding hydrogens is 282 g/mol. The van der Waals surface area contributed by atoms with E-state index in [2.05, 4.69) is 30.3 Å². The van der Waals surface area contributed by atoms with Crippen molar-refractivity contribution < 1.29 is 9.47 Å². The first-order valence-corrected chi connectivity index (χ1v) is 6.00. The van der Waals surface area contributed by atoms with Crippen LogP contribution < -0.4 is 9.47 Å². The summed E-state index contributed by atoms with van der Waals surface area (Å²) >= 11 is 4.67. The van der Waals surface area contributed by atoms with Crippen molar-refractivity contribution >= 4 is 37.7 Å². The highest BCUT2D eigenvalue weighted by Crippen LogP contribution is 2.31. The Balaban J connectivity index is 2.72. The van der Waals surface area contributed by atoms with Crippen LogP contribution in [0.2, 0.25) is 0 Å². The molecule has 0 amide bonds. The summed E-state index contributed by atoms with van der Waals surface area (Å²) < 4.78 is 14.4. The van der Waals surface area contributed by atoms with Gasteiger partial charge in [-0.15, -0.1) is 0 Å². The monoisotopic (exact) mass is 289 g/mol. The second kappa shape index (κ2) is 4.28. The summed E-state index contributed by atoms with van der Waals surface area (Å²) in [5.41, 5.74) is 0.884. The van der Waals surface area contributed by atoms with Crippen molar-refractivity contribution in [2.75, 3.05) is 14.2 Å². The molecule has 15 heavy (non-hydrogen) atoms. The predicted octanol–water partition coefficient (Wildman–Crippen LogP) is 2.00. The summed E-state index contributed by atoms with van der Waals surface area (Å²) in [5.74, 6) is 0.500. The summed E-state index contributed by atoms with van der Waals surface area (Å²) in [6.07, 6.45) is 0. The lowest BCUT2D eigenvalue weighted by Crippen LogP contribution is -1.96. The number of ether oxygens (including phenoxy) is 2. The molecule has 0 radical (unpaired) electrons. The maximum atomic E-state index is 5.19. The van der Waals surface area contributed by atoms with Crippen LogP contribution in [0.15, 0.2) is 0 Å². The molecule has 0 saturated carbocycles. The highest BCUT2D eigenvalue weighted by Gasteiger charge is 2.15. The number of alkyl halides is 1. The Kier molecular flexibility index (Phi) is 3.01. The molecule has 0 aliphatic heterocycles. The van der Waals surface area contributed by atoms with Crippen molar-refractivity contribution in [1.29, 1.82) is 0 Å². The van der Waals surface area contributed by atoms with Gasteiger partial charge in [0.1, 0.15) is 0 Å². The van der Waals surface area contributed by atoms with Crippen LogP contribution >= 0.6 is 27.5 Å².